The first kappa shape index (κ1) is 41.6. The molecule has 6 amide bonds. The predicted octanol–water partition coefficient (Wildman–Crippen LogP) is 5.17. The van der Waals surface area contributed by atoms with Crippen molar-refractivity contribution in [1.82, 2.24) is 20.4 Å². The predicted molar refractivity (Wildman–Crippen MR) is 228 cm³/mol. The Morgan fingerprint density at radius 2 is 1.27 bits per heavy atom. The molecule has 16 heteroatoms. The molecule has 4 atom stereocenters. The number of hydrogen-bond acceptors (Lipinski definition) is 10. The van der Waals surface area contributed by atoms with Gasteiger partial charge in [0.25, 0.3) is 5.91 Å². The number of thiophene rings is 2. The van der Waals surface area contributed by atoms with Crippen LogP contribution in [-0.2, 0) is 28.7 Å². The number of fused-ring (bicyclic) bond motifs is 1. The minimum Gasteiger partial charge on any atom is -0.453 e. The lowest BCUT2D eigenvalue weighted by molar-refractivity contribution is -0.140. The van der Waals surface area contributed by atoms with E-state index in [1.54, 1.807) is 78.9 Å². The highest BCUT2D eigenvalue weighted by Crippen LogP contribution is 2.36. The number of aliphatic hydroxyl groups is 1. The van der Waals surface area contributed by atoms with E-state index >= 15 is 0 Å². The molecule has 2 aromatic heterocycles. The summed E-state index contributed by atoms with van der Waals surface area (Å²) in [5.41, 5.74) is 2.41. The topological polar surface area (TPSA) is 186 Å². The van der Waals surface area contributed by atoms with Gasteiger partial charge in [-0.3, -0.25) is 24.0 Å². The minimum absolute atomic E-state index is 0.297. The number of nitrogens with zero attached hydrogens (tertiary/aromatic N) is 2. The summed E-state index contributed by atoms with van der Waals surface area (Å²) in [7, 11) is 1.23. The van der Waals surface area contributed by atoms with Gasteiger partial charge in [-0.15, -0.1) is 22.7 Å². The average Bonchev–Trinajstić information content (AvgIpc) is 4.10. The van der Waals surface area contributed by atoms with Gasteiger partial charge in [-0.1, -0.05) is 72.5 Å². The number of aliphatic hydroxyl groups excluding tert-OH is 1. The molecule has 0 spiro atoms. The molecule has 60 heavy (non-hydrogen) atoms. The quantitative estimate of drug-likeness (QED) is 0.113. The first-order valence-electron chi connectivity index (χ1n) is 19.3. The van der Waals surface area contributed by atoms with Crippen molar-refractivity contribution >= 4 is 78.4 Å². The Morgan fingerprint density at radius 1 is 0.717 bits per heavy atom. The Hall–Kier alpha value is -6.54. The van der Waals surface area contributed by atoms with E-state index in [2.05, 4.69) is 33.1 Å². The summed E-state index contributed by atoms with van der Waals surface area (Å²) in [5.74, 6) is 4.22. The van der Waals surface area contributed by atoms with Crippen LogP contribution in [0.2, 0.25) is 0 Å². The zero-order valence-corrected chi connectivity index (χ0v) is 34.1. The van der Waals surface area contributed by atoms with Crippen molar-refractivity contribution in [3.63, 3.8) is 0 Å². The van der Waals surface area contributed by atoms with Gasteiger partial charge in [0, 0.05) is 33.7 Å². The van der Waals surface area contributed by atoms with Crippen molar-refractivity contribution in [2.45, 2.75) is 49.9 Å². The molecule has 0 aliphatic carbocycles. The molecule has 0 unspecified atom stereocenters. The third-order valence-corrected chi connectivity index (χ3v) is 12.4. The molecular formula is C44H42N6O8S2. The summed E-state index contributed by atoms with van der Waals surface area (Å²) >= 11 is 2.90. The Bertz CT molecular complexity index is 2410. The van der Waals surface area contributed by atoms with Gasteiger partial charge in [0.2, 0.25) is 23.6 Å². The fourth-order valence-corrected chi connectivity index (χ4v) is 9.50. The highest BCUT2D eigenvalue weighted by molar-refractivity contribution is 7.30. The number of hydrogen-bond donors (Lipinski definition) is 5. The number of amides is 6. The van der Waals surface area contributed by atoms with Gasteiger partial charge in [-0.25, -0.2) is 4.79 Å². The molecule has 5 N–H and O–H groups in total. The molecule has 308 valence electrons. The van der Waals surface area contributed by atoms with Crippen molar-refractivity contribution in [1.29, 1.82) is 0 Å². The first-order valence-corrected chi connectivity index (χ1v) is 21.0. The lowest BCUT2D eigenvalue weighted by Crippen LogP contribution is -2.49. The maximum atomic E-state index is 13.7. The van der Waals surface area contributed by atoms with E-state index in [9.17, 15) is 33.9 Å². The van der Waals surface area contributed by atoms with E-state index in [0.29, 0.717) is 60.6 Å². The Morgan fingerprint density at radius 3 is 1.82 bits per heavy atom. The normalized spacial score (nSPS) is 16.9. The lowest BCUT2D eigenvalue weighted by atomic mass is 10.0. The van der Waals surface area contributed by atoms with Gasteiger partial charge in [0.15, 0.2) is 0 Å². The third kappa shape index (κ3) is 9.66. The number of rotatable bonds is 11. The van der Waals surface area contributed by atoms with Crippen LogP contribution < -0.4 is 21.3 Å². The van der Waals surface area contributed by atoms with Gasteiger partial charge in [0.05, 0.1) is 17.0 Å². The number of likely N-dealkylation sites (tertiary alicyclic amines) is 2. The smallest absolute Gasteiger partial charge is 0.407 e. The van der Waals surface area contributed by atoms with Crippen molar-refractivity contribution < 1.29 is 38.6 Å². The summed E-state index contributed by atoms with van der Waals surface area (Å²) in [4.78, 5) is 82.3. The number of anilines is 2. The SMILES string of the molecule is COC(=O)N[C@@H](C(=O)N1CCC[C@H]1C(=O)Nc1cc2sc(C#Cc3ccc(NC(=O)[C@@H]4CCCN4C(=O)[C@H](NC(=O)CO)c4ccccc4)cc3)cc2s1)c1ccccc1. The Kier molecular flexibility index (Phi) is 13.2. The number of carbonyl (C=O) groups is 6. The van der Waals surface area contributed by atoms with E-state index in [-0.39, 0.29) is 17.7 Å². The van der Waals surface area contributed by atoms with Gasteiger partial charge in [-0.05, 0) is 73.2 Å². The van der Waals surface area contributed by atoms with Crippen LogP contribution in [0.4, 0.5) is 15.5 Å². The molecule has 0 bridgehead atoms. The van der Waals surface area contributed by atoms with Crippen LogP contribution in [0.1, 0.15) is 59.3 Å². The number of ether oxygens (including phenoxy) is 1. The largest absolute Gasteiger partial charge is 0.453 e. The van der Waals surface area contributed by atoms with E-state index in [0.717, 1.165) is 19.8 Å². The highest BCUT2D eigenvalue weighted by atomic mass is 32.1. The van der Waals surface area contributed by atoms with Gasteiger partial charge >= 0.3 is 6.09 Å². The number of alkyl carbamates (subject to hydrolysis) is 1. The molecule has 7 rings (SSSR count). The molecule has 2 saturated heterocycles. The van der Waals surface area contributed by atoms with Crippen molar-refractivity contribution in [3.05, 3.63) is 119 Å². The molecule has 5 aromatic rings. The summed E-state index contributed by atoms with van der Waals surface area (Å²) in [6.45, 7) is -0.0226. The Labute approximate surface area is 353 Å². The van der Waals surface area contributed by atoms with Crippen LogP contribution in [0.25, 0.3) is 9.40 Å². The number of methoxy groups -OCH3 is 1. The standard InChI is InChI=1S/C44H42N6O8S2/c1-58-44(57)48-39(29-12-6-3-7-13-29)43(56)50-23-9-15-33(50)41(54)47-37-25-35-34(60-37)24-31(59-35)21-18-27-16-19-30(20-17-27)45-40(53)32-14-8-22-49(32)42(55)38(46-36(52)26-51)28-10-4-2-5-11-28/h2-7,10-13,16-17,19-20,24-25,32-33,38-39,51H,8-9,14-15,22-23,26H2,1H3,(H,45,53)(H,46,52)(H,47,54)(H,48,57)/t32-,33-,38+,39+/m0/s1. The van der Waals surface area contributed by atoms with Crippen LogP contribution in [0.15, 0.2) is 97.1 Å². The second-order valence-electron chi connectivity index (χ2n) is 14.2. The molecule has 2 aliphatic heterocycles. The summed E-state index contributed by atoms with van der Waals surface area (Å²) < 4.78 is 6.66. The number of carbonyl (C=O) groups excluding carboxylic acids is 6. The molecule has 0 saturated carbocycles. The molecule has 3 aromatic carbocycles. The average molecular weight is 847 g/mol. The van der Waals surface area contributed by atoms with Crippen molar-refractivity contribution in [2.24, 2.45) is 0 Å². The summed E-state index contributed by atoms with van der Waals surface area (Å²) in [5, 5.41) is 21.0. The molecule has 2 fully saturated rings. The zero-order chi connectivity index (χ0) is 42.2. The summed E-state index contributed by atoms with van der Waals surface area (Å²) in [6, 6.07) is 25.0. The fraction of sp³-hybridized carbons (Fsp3) is 0.273. The maximum Gasteiger partial charge on any atom is 0.407 e. The molecular weight excluding hydrogens is 805 g/mol. The van der Waals surface area contributed by atoms with Crippen molar-refractivity contribution in [2.75, 3.05) is 37.4 Å². The molecule has 4 heterocycles. The van der Waals surface area contributed by atoms with Crippen molar-refractivity contribution in [3.8, 4) is 11.8 Å². The highest BCUT2D eigenvalue weighted by Gasteiger charge is 2.40. The lowest BCUT2D eigenvalue weighted by Gasteiger charge is -2.29. The monoisotopic (exact) mass is 846 g/mol. The van der Waals surface area contributed by atoms with E-state index in [4.69, 9.17) is 4.74 Å². The van der Waals surface area contributed by atoms with E-state index < -0.39 is 48.7 Å². The summed E-state index contributed by atoms with van der Waals surface area (Å²) in [6.07, 6.45) is 1.49. The van der Waals surface area contributed by atoms with Gasteiger partial charge in [0.1, 0.15) is 30.8 Å². The third-order valence-electron chi connectivity index (χ3n) is 10.3. The first-order chi connectivity index (χ1) is 29.1. The Balaban J connectivity index is 0.949. The number of nitrogens with one attached hydrogen (secondary N) is 4. The zero-order valence-electron chi connectivity index (χ0n) is 32.5. The fourth-order valence-electron chi connectivity index (χ4n) is 7.35. The van der Waals surface area contributed by atoms with Gasteiger partial charge < -0.3 is 40.9 Å². The second kappa shape index (κ2) is 19.0. The van der Waals surface area contributed by atoms with Crippen LogP contribution in [0, 0.1) is 11.8 Å². The molecule has 14 nitrogen and oxygen atoms in total. The van der Waals surface area contributed by atoms with Gasteiger partial charge in [-0.2, -0.15) is 0 Å². The van der Waals surface area contributed by atoms with Crippen LogP contribution in [-0.4, -0.2) is 89.4 Å². The molecule has 0 radical (unpaired) electrons. The van der Waals surface area contributed by atoms with E-state index in [1.807, 2.05) is 18.2 Å². The van der Waals surface area contributed by atoms with Crippen LogP contribution >= 0.6 is 22.7 Å². The minimum atomic E-state index is -1.04. The van der Waals surface area contributed by atoms with Crippen LogP contribution in [0.3, 0.4) is 0 Å². The second-order valence-corrected chi connectivity index (χ2v) is 16.4. The maximum absolute atomic E-state index is 13.7. The van der Waals surface area contributed by atoms with E-state index in [1.165, 1.54) is 39.6 Å². The molecule has 2 aliphatic rings. The van der Waals surface area contributed by atoms with Crippen LogP contribution in [0.5, 0.6) is 0 Å². The number of benzene rings is 3.